The van der Waals surface area contributed by atoms with Crippen molar-refractivity contribution < 1.29 is 0 Å². The molecule has 1 atom stereocenters. The summed E-state index contributed by atoms with van der Waals surface area (Å²) >= 11 is 0. The van der Waals surface area contributed by atoms with Gasteiger partial charge in [-0.2, -0.15) is 0 Å². The third-order valence-electron chi connectivity index (χ3n) is 4.26. The number of hydrogen-bond acceptors (Lipinski definition) is 3. The molecule has 0 aliphatic carbocycles. The number of pyridine rings is 1. The van der Waals surface area contributed by atoms with Crippen LogP contribution < -0.4 is 5.73 Å². The van der Waals surface area contributed by atoms with Crippen LogP contribution in [0.2, 0.25) is 0 Å². The van der Waals surface area contributed by atoms with Crippen molar-refractivity contribution in [2.45, 2.75) is 19.9 Å². The van der Waals surface area contributed by atoms with Gasteiger partial charge in [0.1, 0.15) is 0 Å². The van der Waals surface area contributed by atoms with E-state index in [-0.39, 0.29) is 0 Å². The van der Waals surface area contributed by atoms with Crippen molar-refractivity contribution in [1.29, 1.82) is 0 Å². The molecule has 1 aliphatic rings. The molecule has 0 radical (unpaired) electrons. The lowest BCUT2D eigenvalue weighted by molar-refractivity contribution is 0.275. The molecule has 100 valence electrons. The Morgan fingerprint density at radius 3 is 2.95 bits per heavy atom. The largest absolute Gasteiger partial charge is 0.330 e. The number of hydrogen-bond donors (Lipinski definition) is 1. The zero-order chi connectivity index (χ0) is 13.3. The maximum atomic E-state index is 5.88. The lowest BCUT2D eigenvalue weighted by Crippen LogP contribution is -2.31. The number of benzene rings is 1. The standard InChI is InChI=1S/C16H21N3/c1-16(11-17)7-9-19(12-16)10-13-6-8-18-15-5-3-2-4-14(13)15/h2-6,8H,7,9-12,17H2,1H3. The van der Waals surface area contributed by atoms with E-state index in [1.807, 2.05) is 12.3 Å². The molecule has 1 fully saturated rings. The molecule has 19 heavy (non-hydrogen) atoms. The van der Waals surface area contributed by atoms with Gasteiger partial charge in [0, 0.05) is 24.7 Å². The Labute approximate surface area is 114 Å². The van der Waals surface area contributed by atoms with E-state index in [1.54, 1.807) is 0 Å². The molecule has 3 nitrogen and oxygen atoms in total. The van der Waals surface area contributed by atoms with Crippen molar-refractivity contribution >= 4 is 10.9 Å². The van der Waals surface area contributed by atoms with Crippen molar-refractivity contribution in [2.75, 3.05) is 19.6 Å². The van der Waals surface area contributed by atoms with Gasteiger partial charge in [0.2, 0.25) is 0 Å². The zero-order valence-corrected chi connectivity index (χ0v) is 11.5. The van der Waals surface area contributed by atoms with E-state index >= 15 is 0 Å². The monoisotopic (exact) mass is 255 g/mol. The Morgan fingerprint density at radius 2 is 2.16 bits per heavy atom. The van der Waals surface area contributed by atoms with Crippen molar-refractivity contribution in [3.05, 3.63) is 42.1 Å². The lowest BCUT2D eigenvalue weighted by atomic mass is 9.90. The minimum absolute atomic E-state index is 0.294. The van der Waals surface area contributed by atoms with Crippen molar-refractivity contribution in [3.8, 4) is 0 Å². The molecular formula is C16H21N3. The van der Waals surface area contributed by atoms with Gasteiger partial charge in [0.05, 0.1) is 5.52 Å². The highest BCUT2D eigenvalue weighted by Crippen LogP contribution is 2.30. The molecule has 2 aromatic rings. The van der Waals surface area contributed by atoms with Gasteiger partial charge in [0.25, 0.3) is 0 Å². The van der Waals surface area contributed by atoms with Crippen molar-refractivity contribution in [2.24, 2.45) is 11.1 Å². The fourth-order valence-corrected chi connectivity index (χ4v) is 2.96. The molecule has 0 bridgehead atoms. The highest BCUT2D eigenvalue weighted by Gasteiger charge is 2.32. The molecule has 0 amide bonds. The quantitative estimate of drug-likeness (QED) is 0.915. The second-order valence-electron chi connectivity index (χ2n) is 5.96. The number of likely N-dealkylation sites (tertiary alicyclic amines) is 1. The maximum Gasteiger partial charge on any atom is 0.0705 e. The number of rotatable bonds is 3. The summed E-state index contributed by atoms with van der Waals surface area (Å²) in [5, 5.41) is 1.27. The summed E-state index contributed by atoms with van der Waals surface area (Å²) in [6.45, 7) is 6.31. The average molecular weight is 255 g/mol. The van der Waals surface area contributed by atoms with Gasteiger partial charge in [-0.3, -0.25) is 9.88 Å². The normalized spacial score (nSPS) is 24.1. The third kappa shape index (κ3) is 2.48. The van der Waals surface area contributed by atoms with E-state index in [4.69, 9.17) is 5.73 Å². The molecule has 3 heteroatoms. The predicted octanol–water partition coefficient (Wildman–Crippen LogP) is 2.41. The molecule has 0 spiro atoms. The number of nitrogens with zero attached hydrogens (tertiary/aromatic N) is 2. The van der Waals surface area contributed by atoms with Crippen LogP contribution in [0.15, 0.2) is 36.5 Å². The molecule has 1 aliphatic heterocycles. The fraction of sp³-hybridized carbons (Fsp3) is 0.438. The molecule has 1 unspecified atom stereocenters. The molecule has 1 aromatic heterocycles. The van der Waals surface area contributed by atoms with E-state index in [2.05, 4.69) is 41.1 Å². The van der Waals surface area contributed by atoms with Crippen LogP contribution in [0, 0.1) is 5.41 Å². The van der Waals surface area contributed by atoms with Crippen molar-refractivity contribution in [3.63, 3.8) is 0 Å². The summed E-state index contributed by atoms with van der Waals surface area (Å²) in [5.74, 6) is 0. The Balaban J connectivity index is 1.83. The van der Waals surface area contributed by atoms with E-state index in [0.29, 0.717) is 5.41 Å². The van der Waals surface area contributed by atoms with Gasteiger partial charge in [-0.25, -0.2) is 0 Å². The average Bonchev–Trinajstić information content (AvgIpc) is 2.82. The molecule has 0 saturated carbocycles. The highest BCUT2D eigenvalue weighted by atomic mass is 15.2. The topological polar surface area (TPSA) is 42.1 Å². The fourth-order valence-electron chi connectivity index (χ4n) is 2.96. The van der Waals surface area contributed by atoms with Crippen LogP contribution >= 0.6 is 0 Å². The Bertz CT molecular complexity index is 576. The minimum Gasteiger partial charge on any atom is -0.330 e. The van der Waals surface area contributed by atoms with Gasteiger partial charge in [-0.05, 0) is 42.6 Å². The lowest BCUT2D eigenvalue weighted by Gasteiger charge is -2.23. The summed E-state index contributed by atoms with van der Waals surface area (Å²) in [6, 6.07) is 10.5. The first kappa shape index (κ1) is 12.6. The predicted molar refractivity (Wildman–Crippen MR) is 78.8 cm³/mol. The molecule has 1 saturated heterocycles. The highest BCUT2D eigenvalue weighted by molar-refractivity contribution is 5.81. The summed E-state index contributed by atoms with van der Waals surface area (Å²) in [6.07, 6.45) is 3.11. The molecule has 3 rings (SSSR count). The van der Waals surface area contributed by atoms with E-state index < -0.39 is 0 Å². The SMILES string of the molecule is CC1(CN)CCN(Cc2ccnc3ccccc23)C1. The first-order chi connectivity index (χ1) is 9.20. The summed E-state index contributed by atoms with van der Waals surface area (Å²) in [4.78, 5) is 6.93. The van der Waals surface area contributed by atoms with Crippen LogP contribution in [0.4, 0.5) is 0 Å². The Morgan fingerprint density at radius 1 is 1.32 bits per heavy atom. The number of para-hydroxylation sites is 1. The van der Waals surface area contributed by atoms with Crippen LogP contribution in [0.3, 0.4) is 0 Å². The molecular weight excluding hydrogens is 234 g/mol. The Kier molecular flexibility index (Phi) is 3.25. The second-order valence-corrected chi connectivity index (χ2v) is 5.96. The Hall–Kier alpha value is -1.45. The van der Waals surface area contributed by atoms with E-state index in [0.717, 1.165) is 31.7 Å². The minimum atomic E-state index is 0.294. The first-order valence-corrected chi connectivity index (χ1v) is 6.95. The van der Waals surface area contributed by atoms with Gasteiger partial charge < -0.3 is 5.73 Å². The van der Waals surface area contributed by atoms with Crippen molar-refractivity contribution in [1.82, 2.24) is 9.88 Å². The molecule has 1 aromatic carbocycles. The van der Waals surface area contributed by atoms with E-state index in [1.165, 1.54) is 17.4 Å². The van der Waals surface area contributed by atoms with Crippen LogP contribution in [0.5, 0.6) is 0 Å². The molecule has 2 N–H and O–H groups in total. The van der Waals surface area contributed by atoms with Crippen LogP contribution in [0.25, 0.3) is 10.9 Å². The second kappa shape index (κ2) is 4.91. The van der Waals surface area contributed by atoms with Gasteiger partial charge in [-0.15, -0.1) is 0 Å². The van der Waals surface area contributed by atoms with Gasteiger partial charge in [-0.1, -0.05) is 25.1 Å². The summed E-state index contributed by atoms with van der Waals surface area (Å²) < 4.78 is 0. The maximum absolute atomic E-state index is 5.88. The first-order valence-electron chi connectivity index (χ1n) is 6.95. The molecule has 2 heterocycles. The number of fused-ring (bicyclic) bond motifs is 1. The van der Waals surface area contributed by atoms with Crippen LogP contribution in [-0.4, -0.2) is 29.5 Å². The van der Waals surface area contributed by atoms with Gasteiger partial charge >= 0.3 is 0 Å². The summed E-state index contributed by atoms with van der Waals surface area (Å²) in [5.41, 5.74) is 8.62. The number of nitrogens with two attached hydrogens (primary N) is 1. The third-order valence-corrected chi connectivity index (χ3v) is 4.26. The van der Waals surface area contributed by atoms with E-state index in [9.17, 15) is 0 Å². The summed E-state index contributed by atoms with van der Waals surface area (Å²) in [7, 11) is 0. The smallest absolute Gasteiger partial charge is 0.0705 e. The van der Waals surface area contributed by atoms with Gasteiger partial charge in [0.15, 0.2) is 0 Å². The number of aromatic nitrogens is 1. The van der Waals surface area contributed by atoms with Crippen LogP contribution in [-0.2, 0) is 6.54 Å². The van der Waals surface area contributed by atoms with Crippen LogP contribution in [0.1, 0.15) is 18.9 Å². The zero-order valence-electron chi connectivity index (χ0n) is 11.5.